The van der Waals surface area contributed by atoms with Gasteiger partial charge in [-0.05, 0) is 35.2 Å². The fourth-order valence-electron chi connectivity index (χ4n) is 3.44. The molecule has 0 aliphatic rings. The molecule has 3 amide bonds. The van der Waals surface area contributed by atoms with Gasteiger partial charge >= 0.3 is 12.0 Å². The Bertz CT molecular complexity index is 1160. The number of hydrogen-bond donors (Lipinski definition) is 2. The summed E-state index contributed by atoms with van der Waals surface area (Å²) < 4.78 is 0. The monoisotopic (exact) mass is 502 g/mol. The summed E-state index contributed by atoms with van der Waals surface area (Å²) >= 11 is 1.41. The minimum absolute atomic E-state index is 0.184. The molecule has 0 aromatic heterocycles. The van der Waals surface area contributed by atoms with E-state index in [-0.39, 0.29) is 12.3 Å². The van der Waals surface area contributed by atoms with E-state index in [0.29, 0.717) is 17.7 Å². The number of urea groups is 1. The summed E-state index contributed by atoms with van der Waals surface area (Å²) in [5.74, 6) is -0.785. The lowest BCUT2D eigenvalue weighted by molar-refractivity contribution is -0.138. The minimum atomic E-state index is -1.14. The molecule has 0 saturated heterocycles. The molecule has 6 nitrogen and oxygen atoms in total. The molecule has 3 aromatic carbocycles. The quantitative estimate of drug-likeness (QED) is 0.323. The van der Waals surface area contributed by atoms with Gasteiger partial charge in [-0.1, -0.05) is 91.9 Å². The van der Waals surface area contributed by atoms with Crippen LogP contribution in [0, 0.1) is 0 Å². The summed E-state index contributed by atoms with van der Waals surface area (Å²) in [6.45, 7) is 2.04. The van der Waals surface area contributed by atoms with Gasteiger partial charge in [0.2, 0.25) is 0 Å². The second kappa shape index (κ2) is 13.9. The van der Waals surface area contributed by atoms with Gasteiger partial charge in [0.15, 0.2) is 0 Å². The molecule has 2 N–H and O–H groups in total. The number of carboxylic acids is 1. The van der Waals surface area contributed by atoms with Crippen molar-refractivity contribution < 1.29 is 19.5 Å². The largest absolute Gasteiger partial charge is 0.480 e. The number of nitrogens with one attached hydrogen (secondary N) is 1. The number of thioether (sulfide) groups is 1. The van der Waals surface area contributed by atoms with E-state index in [9.17, 15) is 19.5 Å². The van der Waals surface area contributed by atoms with Crippen LogP contribution in [-0.2, 0) is 10.5 Å². The van der Waals surface area contributed by atoms with Gasteiger partial charge < -0.3 is 10.4 Å². The first-order valence-corrected chi connectivity index (χ1v) is 12.9. The van der Waals surface area contributed by atoms with Crippen molar-refractivity contribution in [3.63, 3.8) is 0 Å². The smallest absolute Gasteiger partial charge is 0.327 e. The minimum Gasteiger partial charge on any atom is -0.480 e. The van der Waals surface area contributed by atoms with Gasteiger partial charge in [-0.25, -0.2) is 9.59 Å². The Morgan fingerprint density at radius 3 is 2.06 bits per heavy atom. The fraction of sp³-hybridized carbons (Fsp3) is 0.207. The summed E-state index contributed by atoms with van der Waals surface area (Å²) in [5.41, 5.74) is 3.42. The molecule has 0 heterocycles. The molecule has 7 heteroatoms. The van der Waals surface area contributed by atoms with Crippen LogP contribution in [0.4, 0.5) is 4.79 Å². The number of carbonyl (C=O) groups excluding carboxylic acids is 2. The number of nitrogens with zero attached hydrogens (tertiary/aromatic N) is 1. The van der Waals surface area contributed by atoms with Crippen molar-refractivity contribution >= 4 is 41.8 Å². The zero-order chi connectivity index (χ0) is 25.8. The third-order valence-corrected chi connectivity index (χ3v) is 6.46. The van der Waals surface area contributed by atoms with Crippen molar-refractivity contribution in [2.45, 2.75) is 25.1 Å². The number of hydrogen-bond acceptors (Lipinski definition) is 4. The van der Waals surface area contributed by atoms with Gasteiger partial charge in [0.25, 0.3) is 5.91 Å². The Morgan fingerprint density at radius 2 is 1.47 bits per heavy atom. The predicted octanol–water partition coefficient (Wildman–Crippen LogP) is 5.81. The molecule has 1 unspecified atom stereocenters. The summed E-state index contributed by atoms with van der Waals surface area (Å²) in [4.78, 5) is 38.9. The molecule has 0 bridgehead atoms. The summed E-state index contributed by atoms with van der Waals surface area (Å²) in [7, 11) is 0. The molecular formula is C29H30N2O4S. The summed E-state index contributed by atoms with van der Waals surface area (Å²) in [5, 5.41) is 12.1. The van der Waals surface area contributed by atoms with Gasteiger partial charge in [-0.2, -0.15) is 11.8 Å². The second-order valence-corrected chi connectivity index (χ2v) is 9.19. The maximum Gasteiger partial charge on any atom is 0.327 e. The topological polar surface area (TPSA) is 86.7 Å². The highest BCUT2D eigenvalue weighted by Crippen LogP contribution is 2.15. The Labute approximate surface area is 216 Å². The molecule has 3 rings (SSSR count). The molecule has 0 aliphatic heterocycles. The Morgan fingerprint density at radius 1 is 0.889 bits per heavy atom. The van der Waals surface area contributed by atoms with Crippen LogP contribution in [0.25, 0.3) is 12.2 Å². The number of amides is 3. The molecule has 0 fully saturated rings. The zero-order valence-electron chi connectivity index (χ0n) is 20.2. The van der Waals surface area contributed by atoms with E-state index in [4.69, 9.17) is 0 Å². The van der Waals surface area contributed by atoms with E-state index >= 15 is 0 Å². The average molecular weight is 503 g/mol. The normalized spacial score (nSPS) is 11.7. The van der Waals surface area contributed by atoms with Crippen molar-refractivity contribution in [1.29, 1.82) is 0 Å². The van der Waals surface area contributed by atoms with Crippen molar-refractivity contribution in [2.24, 2.45) is 0 Å². The molecule has 0 saturated carbocycles. The first-order chi connectivity index (χ1) is 17.5. The van der Waals surface area contributed by atoms with E-state index < -0.39 is 23.9 Å². The lowest BCUT2D eigenvalue weighted by Gasteiger charge is -2.23. The third kappa shape index (κ3) is 8.13. The third-order valence-electron chi connectivity index (χ3n) is 5.35. The number of carboxylic acid groups (broad SMARTS) is 1. The number of aliphatic carboxylic acids is 1. The Hall–Kier alpha value is -3.84. The number of rotatable bonds is 11. The maximum atomic E-state index is 13.1. The standard InChI is InChI=1S/C29H30N2O4S/c1-2-19-31(29(35)30-26(28(33)34)21-36-20-24-11-7-4-8-12-24)27(32)25-17-15-23(16-18-25)14-13-22-9-5-3-6-10-22/h3-18,26H,2,19-21H2,1H3,(H,30,35)(H,33,34)/b14-13+. The van der Waals surface area contributed by atoms with Crippen LogP contribution in [0.1, 0.15) is 40.4 Å². The highest BCUT2D eigenvalue weighted by atomic mass is 32.2. The predicted molar refractivity (Wildman–Crippen MR) is 146 cm³/mol. The first-order valence-electron chi connectivity index (χ1n) is 11.8. The number of imide groups is 1. The van der Waals surface area contributed by atoms with E-state index in [0.717, 1.165) is 21.6 Å². The van der Waals surface area contributed by atoms with Gasteiger partial charge in [-0.3, -0.25) is 9.69 Å². The van der Waals surface area contributed by atoms with Gasteiger partial charge in [0.05, 0.1) is 0 Å². The van der Waals surface area contributed by atoms with Crippen molar-refractivity contribution in [3.05, 3.63) is 107 Å². The van der Waals surface area contributed by atoms with E-state index in [1.54, 1.807) is 12.1 Å². The highest BCUT2D eigenvalue weighted by molar-refractivity contribution is 7.98. The van der Waals surface area contributed by atoms with Crippen LogP contribution in [0.5, 0.6) is 0 Å². The molecular weight excluding hydrogens is 472 g/mol. The molecule has 0 aliphatic carbocycles. The summed E-state index contributed by atoms with van der Waals surface area (Å²) in [6, 6.07) is 24.7. The fourth-order valence-corrected chi connectivity index (χ4v) is 4.45. The molecule has 186 valence electrons. The number of benzene rings is 3. The van der Waals surface area contributed by atoms with Crippen molar-refractivity contribution in [3.8, 4) is 0 Å². The summed E-state index contributed by atoms with van der Waals surface area (Å²) in [6.07, 6.45) is 4.48. The van der Waals surface area contributed by atoms with Crippen LogP contribution in [0.15, 0.2) is 84.9 Å². The van der Waals surface area contributed by atoms with E-state index in [1.807, 2.05) is 91.9 Å². The van der Waals surface area contributed by atoms with Crippen LogP contribution in [-0.4, -0.2) is 46.3 Å². The highest BCUT2D eigenvalue weighted by Gasteiger charge is 2.27. The maximum absolute atomic E-state index is 13.1. The molecule has 0 radical (unpaired) electrons. The van der Waals surface area contributed by atoms with Gasteiger partial charge in [0.1, 0.15) is 6.04 Å². The van der Waals surface area contributed by atoms with Crippen molar-refractivity contribution in [2.75, 3.05) is 12.3 Å². The van der Waals surface area contributed by atoms with Crippen LogP contribution >= 0.6 is 11.8 Å². The van der Waals surface area contributed by atoms with Gasteiger partial charge in [-0.15, -0.1) is 0 Å². The average Bonchev–Trinajstić information content (AvgIpc) is 2.91. The Balaban J connectivity index is 1.62. The van der Waals surface area contributed by atoms with Crippen LogP contribution in [0.2, 0.25) is 0 Å². The van der Waals surface area contributed by atoms with Crippen LogP contribution < -0.4 is 5.32 Å². The number of carbonyl (C=O) groups is 3. The zero-order valence-corrected chi connectivity index (χ0v) is 21.0. The first kappa shape index (κ1) is 26.8. The van der Waals surface area contributed by atoms with Crippen molar-refractivity contribution in [1.82, 2.24) is 10.2 Å². The lowest BCUT2D eigenvalue weighted by Crippen LogP contribution is -2.51. The molecule has 3 aromatic rings. The van der Waals surface area contributed by atoms with E-state index in [2.05, 4.69) is 5.32 Å². The Kier molecular flexibility index (Phi) is 10.3. The lowest BCUT2D eigenvalue weighted by atomic mass is 10.1. The molecule has 36 heavy (non-hydrogen) atoms. The van der Waals surface area contributed by atoms with E-state index in [1.165, 1.54) is 11.8 Å². The van der Waals surface area contributed by atoms with Gasteiger partial charge in [0, 0.05) is 23.6 Å². The molecule has 1 atom stereocenters. The van der Waals surface area contributed by atoms with Crippen LogP contribution in [0.3, 0.4) is 0 Å². The molecule has 0 spiro atoms. The second-order valence-electron chi connectivity index (χ2n) is 8.16. The SMILES string of the molecule is CCCN(C(=O)NC(CSCc1ccccc1)C(=O)O)C(=O)c1ccc(/C=C/c2ccccc2)cc1.